The van der Waals surface area contributed by atoms with Gasteiger partial charge in [0, 0.05) is 42.6 Å². The van der Waals surface area contributed by atoms with Gasteiger partial charge in [-0.1, -0.05) is 42.2 Å². The first kappa shape index (κ1) is 22.5. The third-order valence-electron chi connectivity index (χ3n) is 6.42. The van der Waals surface area contributed by atoms with Gasteiger partial charge >= 0.3 is 11.9 Å². The van der Waals surface area contributed by atoms with Gasteiger partial charge in [-0.2, -0.15) is 0 Å². The second kappa shape index (κ2) is 8.83. The highest BCUT2D eigenvalue weighted by Gasteiger charge is 2.53. The van der Waals surface area contributed by atoms with Gasteiger partial charge in [-0.05, 0) is 48.1 Å². The van der Waals surface area contributed by atoms with E-state index >= 15 is 0 Å². The number of thiophene rings is 1. The summed E-state index contributed by atoms with van der Waals surface area (Å²) < 4.78 is 12.4. The van der Waals surface area contributed by atoms with Crippen molar-refractivity contribution in [2.45, 2.75) is 17.7 Å². The van der Waals surface area contributed by atoms with Crippen LogP contribution in [0, 0.1) is 17.3 Å². The van der Waals surface area contributed by atoms with Gasteiger partial charge < -0.3 is 9.47 Å². The Hall–Kier alpha value is -3.27. The number of carbonyl (C=O) groups is 2. The lowest BCUT2D eigenvalue weighted by Gasteiger charge is -2.22. The molecule has 3 aromatic carbocycles. The number of fused-ring (bicyclic) bond motifs is 4. The molecule has 170 valence electrons. The van der Waals surface area contributed by atoms with Gasteiger partial charge in [-0.3, -0.25) is 9.59 Å². The lowest BCUT2D eigenvalue weighted by atomic mass is 9.84. The lowest BCUT2D eigenvalue weighted by molar-refractivity contribution is -0.168. The van der Waals surface area contributed by atoms with Crippen molar-refractivity contribution in [2.24, 2.45) is 5.41 Å². The number of rotatable bonds is 3. The first-order valence-electron chi connectivity index (χ1n) is 10.8. The van der Waals surface area contributed by atoms with Crippen molar-refractivity contribution in [3.05, 3.63) is 76.9 Å². The van der Waals surface area contributed by atoms with Gasteiger partial charge in [0.25, 0.3) is 0 Å². The molecule has 1 heterocycles. The molecule has 0 unspecified atom stereocenters. The zero-order chi connectivity index (χ0) is 23.9. The quantitative estimate of drug-likeness (QED) is 0.163. The predicted molar refractivity (Wildman–Crippen MR) is 137 cm³/mol. The van der Waals surface area contributed by atoms with Gasteiger partial charge in [0.05, 0.1) is 14.2 Å². The van der Waals surface area contributed by atoms with E-state index in [1.54, 1.807) is 23.1 Å². The molecule has 0 bridgehead atoms. The number of esters is 2. The molecule has 4 aromatic rings. The molecule has 0 N–H and O–H groups in total. The molecule has 5 rings (SSSR count). The van der Waals surface area contributed by atoms with Crippen LogP contribution in [-0.2, 0) is 31.9 Å². The summed E-state index contributed by atoms with van der Waals surface area (Å²) in [7, 11) is 2.62. The Labute approximate surface area is 206 Å². The van der Waals surface area contributed by atoms with Crippen molar-refractivity contribution in [1.82, 2.24) is 0 Å². The summed E-state index contributed by atoms with van der Waals surface area (Å²) >= 11 is 3.35. The number of hydrogen-bond donors (Lipinski definition) is 0. The van der Waals surface area contributed by atoms with Crippen LogP contribution in [-0.4, -0.2) is 32.4 Å². The van der Waals surface area contributed by atoms with Crippen molar-refractivity contribution >= 4 is 55.2 Å². The zero-order valence-corrected chi connectivity index (χ0v) is 20.7. The van der Waals surface area contributed by atoms with Crippen LogP contribution < -0.4 is 0 Å². The van der Waals surface area contributed by atoms with Gasteiger partial charge in [0.2, 0.25) is 0 Å². The molecule has 1 aliphatic carbocycles. The predicted octanol–water partition coefficient (Wildman–Crippen LogP) is 5.61. The highest BCUT2D eigenvalue weighted by atomic mass is 32.2. The summed E-state index contributed by atoms with van der Waals surface area (Å²) in [6.07, 6.45) is 2.48. The van der Waals surface area contributed by atoms with E-state index in [0.717, 1.165) is 42.6 Å². The SMILES string of the molecule is COC(=O)C1(C(=O)OC)Cc2cc3sc4ccccc4c3c(C#Cc3ccccc3SC)c2C1. The maximum Gasteiger partial charge on any atom is 0.323 e. The molecule has 1 aromatic heterocycles. The van der Waals surface area contributed by atoms with E-state index < -0.39 is 17.4 Å². The van der Waals surface area contributed by atoms with E-state index in [-0.39, 0.29) is 12.8 Å². The highest BCUT2D eigenvalue weighted by Crippen LogP contribution is 2.46. The van der Waals surface area contributed by atoms with Crippen LogP contribution in [0.3, 0.4) is 0 Å². The van der Waals surface area contributed by atoms with Crippen LogP contribution in [0.25, 0.3) is 20.2 Å². The Morgan fingerprint density at radius 1 is 0.941 bits per heavy atom. The van der Waals surface area contributed by atoms with E-state index in [9.17, 15) is 9.59 Å². The summed E-state index contributed by atoms with van der Waals surface area (Å²) in [4.78, 5) is 26.8. The van der Waals surface area contributed by atoms with Crippen LogP contribution in [0.1, 0.15) is 22.3 Å². The molecule has 0 spiro atoms. The molecule has 4 nitrogen and oxygen atoms in total. The minimum absolute atomic E-state index is 0.204. The van der Waals surface area contributed by atoms with E-state index in [2.05, 4.69) is 36.1 Å². The highest BCUT2D eigenvalue weighted by molar-refractivity contribution is 7.98. The average Bonchev–Trinajstić information content (AvgIpc) is 3.44. The van der Waals surface area contributed by atoms with E-state index in [4.69, 9.17) is 9.47 Å². The maximum absolute atomic E-state index is 12.9. The molecule has 0 atom stereocenters. The van der Waals surface area contributed by atoms with Crippen LogP contribution in [0.2, 0.25) is 0 Å². The summed E-state index contributed by atoms with van der Waals surface area (Å²) in [5.74, 6) is 5.67. The second-order valence-corrected chi connectivity index (χ2v) is 10.2. The van der Waals surface area contributed by atoms with Gasteiger partial charge in [-0.15, -0.1) is 23.1 Å². The lowest BCUT2D eigenvalue weighted by Crippen LogP contribution is -2.42. The third kappa shape index (κ3) is 3.48. The van der Waals surface area contributed by atoms with E-state index in [1.807, 2.05) is 36.6 Å². The van der Waals surface area contributed by atoms with E-state index in [0.29, 0.717) is 0 Å². The summed E-state index contributed by atoms with van der Waals surface area (Å²) in [6.45, 7) is 0. The average molecular weight is 487 g/mol. The number of ether oxygens (including phenoxy) is 2. The molecular formula is C28H22O4S2. The van der Waals surface area contributed by atoms with E-state index in [1.165, 1.54) is 18.9 Å². The van der Waals surface area contributed by atoms with Crippen LogP contribution in [0.15, 0.2) is 59.5 Å². The normalized spacial score (nSPS) is 13.9. The molecule has 0 saturated carbocycles. The molecule has 34 heavy (non-hydrogen) atoms. The first-order valence-corrected chi connectivity index (χ1v) is 12.8. The number of hydrogen-bond acceptors (Lipinski definition) is 6. The van der Waals surface area contributed by atoms with Gasteiger partial charge in [0.15, 0.2) is 5.41 Å². The Kier molecular flexibility index (Phi) is 5.85. The fraction of sp³-hybridized carbons (Fsp3) is 0.214. The molecule has 0 fully saturated rings. The number of thioether (sulfide) groups is 1. The molecule has 0 aliphatic heterocycles. The third-order valence-corrected chi connectivity index (χ3v) is 8.33. The minimum atomic E-state index is -1.39. The standard InChI is InChI=1S/C28H22O4S2/c1-31-26(29)28(27(30)32-2)15-18-14-24-25(20-9-5-7-11-23(20)34-24)19(21(18)16-28)13-12-17-8-4-6-10-22(17)33-3/h4-11,14H,15-16H2,1-3H3. The second-order valence-electron chi connectivity index (χ2n) is 8.23. The summed E-state index contributed by atoms with van der Waals surface area (Å²) in [6, 6.07) is 18.4. The molecule has 6 heteroatoms. The maximum atomic E-state index is 12.9. The van der Waals surface area contributed by atoms with Crippen LogP contribution in [0.4, 0.5) is 0 Å². The fourth-order valence-electron chi connectivity index (χ4n) is 4.81. The Morgan fingerprint density at radius 2 is 1.65 bits per heavy atom. The molecule has 0 saturated heterocycles. The smallest absolute Gasteiger partial charge is 0.323 e. The number of carbonyl (C=O) groups excluding carboxylic acids is 2. The molecular weight excluding hydrogens is 464 g/mol. The number of methoxy groups -OCH3 is 2. The monoisotopic (exact) mass is 486 g/mol. The van der Waals surface area contributed by atoms with Gasteiger partial charge in [0.1, 0.15) is 0 Å². The first-order chi connectivity index (χ1) is 16.5. The largest absolute Gasteiger partial charge is 0.468 e. The van der Waals surface area contributed by atoms with Crippen molar-refractivity contribution in [2.75, 3.05) is 20.5 Å². The Balaban J connectivity index is 1.79. The topological polar surface area (TPSA) is 52.6 Å². The van der Waals surface area contributed by atoms with Crippen LogP contribution in [0.5, 0.6) is 0 Å². The number of benzene rings is 3. The summed E-state index contributed by atoms with van der Waals surface area (Å²) in [5, 5.41) is 2.19. The summed E-state index contributed by atoms with van der Waals surface area (Å²) in [5.41, 5.74) is 2.29. The van der Waals surface area contributed by atoms with Crippen LogP contribution >= 0.6 is 23.1 Å². The minimum Gasteiger partial charge on any atom is -0.468 e. The molecule has 0 radical (unpaired) electrons. The Morgan fingerprint density at radius 3 is 2.38 bits per heavy atom. The Bertz CT molecular complexity index is 1500. The fourth-order valence-corrected chi connectivity index (χ4v) is 6.54. The van der Waals surface area contributed by atoms with Gasteiger partial charge in [-0.25, -0.2) is 0 Å². The van der Waals surface area contributed by atoms with Crippen molar-refractivity contribution in [1.29, 1.82) is 0 Å². The van der Waals surface area contributed by atoms with Crippen molar-refractivity contribution < 1.29 is 19.1 Å². The molecule has 0 amide bonds. The zero-order valence-electron chi connectivity index (χ0n) is 19.1. The van der Waals surface area contributed by atoms with Crippen molar-refractivity contribution in [3.63, 3.8) is 0 Å². The van der Waals surface area contributed by atoms with Crippen molar-refractivity contribution in [3.8, 4) is 11.8 Å². The molecule has 1 aliphatic rings.